The van der Waals surface area contributed by atoms with Crippen LogP contribution in [0.4, 0.5) is 0 Å². The number of hydrogen-bond donors (Lipinski definition) is 2. The van der Waals surface area contributed by atoms with Crippen LogP contribution < -0.4 is 5.73 Å². The van der Waals surface area contributed by atoms with Crippen molar-refractivity contribution in [3.05, 3.63) is 57.8 Å². The summed E-state index contributed by atoms with van der Waals surface area (Å²) in [5.74, 6) is 0. The molecule has 0 amide bonds. The molecule has 2 nitrogen and oxygen atoms in total. The molecule has 0 fully saturated rings. The van der Waals surface area contributed by atoms with E-state index in [0.29, 0.717) is 6.54 Å². The van der Waals surface area contributed by atoms with Gasteiger partial charge in [-0.25, -0.2) is 0 Å². The molecule has 3 rings (SSSR count). The molecule has 0 radical (unpaired) electrons. The lowest BCUT2D eigenvalue weighted by Crippen LogP contribution is -2.51. The number of thiophene rings is 1. The SMILES string of the molecule is CC(O)(c1cccs1)C1(CN)CCc2ccccc2C1. The first-order chi connectivity index (χ1) is 9.59. The first-order valence-electron chi connectivity index (χ1n) is 7.12. The van der Waals surface area contributed by atoms with Gasteiger partial charge in [0.1, 0.15) is 5.60 Å². The third-order valence-corrected chi connectivity index (χ3v) is 6.03. The number of nitrogens with two attached hydrogens (primary N) is 1. The summed E-state index contributed by atoms with van der Waals surface area (Å²) in [6.45, 7) is 2.44. The topological polar surface area (TPSA) is 46.2 Å². The predicted molar refractivity (Wildman–Crippen MR) is 83.8 cm³/mol. The summed E-state index contributed by atoms with van der Waals surface area (Å²) < 4.78 is 0. The Morgan fingerprint density at radius 2 is 2.00 bits per heavy atom. The minimum Gasteiger partial charge on any atom is -0.384 e. The quantitative estimate of drug-likeness (QED) is 0.911. The van der Waals surface area contributed by atoms with Crippen molar-refractivity contribution in [1.82, 2.24) is 0 Å². The van der Waals surface area contributed by atoms with Crippen LogP contribution in [0.5, 0.6) is 0 Å². The summed E-state index contributed by atoms with van der Waals surface area (Å²) in [4.78, 5) is 1.02. The molecule has 0 bridgehead atoms. The van der Waals surface area contributed by atoms with Gasteiger partial charge in [-0.2, -0.15) is 0 Å². The zero-order chi connectivity index (χ0) is 14.2. The van der Waals surface area contributed by atoms with Crippen molar-refractivity contribution in [2.24, 2.45) is 11.1 Å². The number of rotatable bonds is 3. The predicted octanol–water partition coefficient (Wildman–Crippen LogP) is 3.09. The number of hydrogen-bond acceptors (Lipinski definition) is 3. The van der Waals surface area contributed by atoms with E-state index < -0.39 is 5.60 Å². The van der Waals surface area contributed by atoms with E-state index in [2.05, 4.69) is 24.3 Å². The van der Waals surface area contributed by atoms with E-state index >= 15 is 0 Å². The monoisotopic (exact) mass is 287 g/mol. The number of fused-ring (bicyclic) bond motifs is 1. The van der Waals surface area contributed by atoms with Crippen molar-refractivity contribution in [2.75, 3.05) is 6.54 Å². The third kappa shape index (κ3) is 2.01. The summed E-state index contributed by atoms with van der Waals surface area (Å²) in [6, 6.07) is 12.5. The summed E-state index contributed by atoms with van der Waals surface area (Å²) in [6.07, 6.45) is 2.78. The highest BCUT2D eigenvalue weighted by molar-refractivity contribution is 7.10. The first-order valence-corrected chi connectivity index (χ1v) is 8.00. The van der Waals surface area contributed by atoms with Gasteiger partial charge in [0, 0.05) is 16.8 Å². The molecule has 20 heavy (non-hydrogen) atoms. The highest BCUT2D eigenvalue weighted by atomic mass is 32.1. The Labute approximate surface area is 124 Å². The first kappa shape index (κ1) is 13.8. The normalized spacial score (nSPS) is 24.9. The van der Waals surface area contributed by atoms with Gasteiger partial charge in [0.15, 0.2) is 0 Å². The second kappa shape index (κ2) is 4.99. The van der Waals surface area contributed by atoms with Crippen LogP contribution in [0.25, 0.3) is 0 Å². The molecular weight excluding hydrogens is 266 g/mol. The van der Waals surface area contributed by atoms with Crippen LogP contribution in [0, 0.1) is 5.41 Å². The second-order valence-corrected chi connectivity index (χ2v) is 6.93. The Bertz CT molecular complexity index is 591. The van der Waals surface area contributed by atoms with Crippen LogP contribution in [0.15, 0.2) is 41.8 Å². The van der Waals surface area contributed by atoms with E-state index in [4.69, 9.17) is 5.73 Å². The number of aliphatic hydroxyl groups is 1. The molecule has 106 valence electrons. The lowest BCUT2D eigenvalue weighted by molar-refractivity contribution is -0.0776. The second-order valence-electron chi connectivity index (χ2n) is 5.98. The van der Waals surface area contributed by atoms with Gasteiger partial charge in [-0.1, -0.05) is 30.3 Å². The van der Waals surface area contributed by atoms with Crippen molar-refractivity contribution in [3.63, 3.8) is 0 Å². The molecule has 0 aliphatic heterocycles. The zero-order valence-corrected chi connectivity index (χ0v) is 12.6. The molecule has 3 heteroatoms. The van der Waals surface area contributed by atoms with Crippen LogP contribution >= 0.6 is 11.3 Å². The summed E-state index contributed by atoms with van der Waals surface area (Å²) in [5, 5.41) is 13.2. The largest absolute Gasteiger partial charge is 0.384 e. The van der Waals surface area contributed by atoms with Crippen molar-refractivity contribution in [2.45, 2.75) is 31.8 Å². The van der Waals surface area contributed by atoms with E-state index in [0.717, 1.165) is 24.1 Å². The maximum absolute atomic E-state index is 11.2. The van der Waals surface area contributed by atoms with Crippen molar-refractivity contribution < 1.29 is 5.11 Å². The van der Waals surface area contributed by atoms with Gasteiger partial charge in [0.05, 0.1) is 0 Å². The van der Waals surface area contributed by atoms with Gasteiger partial charge >= 0.3 is 0 Å². The molecule has 1 aliphatic rings. The van der Waals surface area contributed by atoms with Crippen molar-refractivity contribution in [3.8, 4) is 0 Å². The highest BCUT2D eigenvalue weighted by Gasteiger charge is 2.49. The van der Waals surface area contributed by atoms with Gasteiger partial charge in [-0.3, -0.25) is 0 Å². The fourth-order valence-electron chi connectivity index (χ4n) is 3.41. The maximum atomic E-state index is 11.2. The van der Waals surface area contributed by atoms with Gasteiger partial charge in [-0.05, 0) is 48.8 Å². The minimum absolute atomic E-state index is 0.272. The maximum Gasteiger partial charge on any atom is 0.103 e. The van der Waals surface area contributed by atoms with Crippen LogP contribution in [0.2, 0.25) is 0 Å². The van der Waals surface area contributed by atoms with E-state index in [1.54, 1.807) is 11.3 Å². The van der Waals surface area contributed by atoms with Gasteiger partial charge < -0.3 is 10.8 Å². The van der Waals surface area contributed by atoms with Gasteiger partial charge in [-0.15, -0.1) is 11.3 Å². The Morgan fingerprint density at radius 3 is 2.65 bits per heavy atom. The Balaban J connectivity index is 2.02. The van der Waals surface area contributed by atoms with Crippen molar-refractivity contribution in [1.29, 1.82) is 0 Å². The standard InChI is InChI=1S/C17H21NOS/c1-16(19,15-7-4-10-20-15)17(12-18)9-8-13-5-2-3-6-14(13)11-17/h2-7,10,19H,8-9,11-12,18H2,1H3. The summed E-state index contributed by atoms with van der Waals surface area (Å²) in [7, 11) is 0. The molecule has 1 aromatic heterocycles. The zero-order valence-electron chi connectivity index (χ0n) is 11.8. The summed E-state index contributed by atoms with van der Waals surface area (Å²) >= 11 is 1.61. The van der Waals surface area contributed by atoms with E-state index in [9.17, 15) is 5.11 Å². The summed E-state index contributed by atoms with van der Waals surface area (Å²) in [5.41, 5.74) is 7.72. The molecular formula is C17H21NOS. The van der Waals surface area contributed by atoms with Crippen LogP contribution in [-0.2, 0) is 18.4 Å². The average Bonchev–Trinajstić information content (AvgIpc) is 3.01. The number of benzene rings is 1. The van der Waals surface area contributed by atoms with Crippen molar-refractivity contribution >= 4 is 11.3 Å². The lowest BCUT2D eigenvalue weighted by atomic mass is 9.62. The average molecular weight is 287 g/mol. The molecule has 1 aliphatic carbocycles. The molecule has 3 N–H and O–H groups in total. The van der Waals surface area contributed by atoms with Crippen LogP contribution in [0.3, 0.4) is 0 Å². The van der Waals surface area contributed by atoms with Gasteiger partial charge in [0.25, 0.3) is 0 Å². The Kier molecular flexibility index (Phi) is 3.44. The molecule has 1 aromatic carbocycles. The Hall–Kier alpha value is -1.16. The molecule has 1 heterocycles. The number of aryl methyl sites for hydroxylation is 1. The van der Waals surface area contributed by atoms with Crippen LogP contribution in [-0.4, -0.2) is 11.7 Å². The Morgan fingerprint density at radius 1 is 1.25 bits per heavy atom. The van der Waals surface area contributed by atoms with Gasteiger partial charge in [0.2, 0.25) is 0 Å². The minimum atomic E-state index is -0.872. The molecule has 0 saturated carbocycles. The lowest BCUT2D eigenvalue weighted by Gasteiger charge is -2.47. The molecule has 2 unspecified atom stereocenters. The fraction of sp³-hybridized carbons (Fsp3) is 0.412. The van der Waals surface area contributed by atoms with E-state index in [-0.39, 0.29) is 5.41 Å². The molecule has 0 spiro atoms. The highest BCUT2D eigenvalue weighted by Crippen LogP contribution is 2.49. The third-order valence-electron chi connectivity index (χ3n) is 4.94. The van der Waals surface area contributed by atoms with Crippen LogP contribution in [0.1, 0.15) is 29.3 Å². The van der Waals surface area contributed by atoms with E-state index in [1.807, 2.05) is 24.4 Å². The van der Waals surface area contributed by atoms with E-state index in [1.165, 1.54) is 11.1 Å². The molecule has 0 saturated heterocycles. The smallest absolute Gasteiger partial charge is 0.103 e. The molecule has 2 atom stereocenters. The molecule has 2 aromatic rings. The fourth-order valence-corrected chi connectivity index (χ4v) is 4.31.